The van der Waals surface area contributed by atoms with Crippen molar-refractivity contribution in [2.24, 2.45) is 5.73 Å². The van der Waals surface area contributed by atoms with Crippen LogP contribution in [-0.2, 0) is 11.4 Å². The molecule has 12 heteroatoms. The molecule has 0 aliphatic heterocycles. The molecule has 3 aromatic rings. The van der Waals surface area contributed by atoms with E-state index >= 15 is 0 Å². The van der Waals surface area contributed by atoms with Crippen LogP contribution in [0.4, 0.5) is 9.80 Å². The summed E-state index contributed by atoms with van der Waals surface area (Å²) in [5, 5.41) is 34.2. The van der Waals surface area contributed by atoms with E-state index in [1.807, 2.05) is 12.1 Å². The fourth-order valence-electron chi connectivity index (χ4n) is 3.21. The molecular formula is C20H23N5O6S. The molecular weight excluding hydrogens is 438 g/mol. The van der Waals surface area contributed by atoms with Crippen molar-refractivity contribution in [3.63, 3.8) is 0 Å². The maximum atomic E-state index is 11.4. The van der Waals surface area contributed by atoms with Gasteiger partial charge < -0.3 is 31.0 Å². The van der Waals surface area contributed by atoms with Crippen LogP contribution in [0.3, 0.4) is 0 Å². The Kier molecular flexibility index (Phi) is 7.76. The van der Waals surface area contributed by atoms with Gasteiger partial charge in [0.2, 0.25) is 0 Å². The first-order chi connectivity index (χ1) is 15.4. The quantitative estimate of drug-likeness (QED) is 0.191. The van der Waals surface area contributed by atoms with Crippen molar-refractivity contribution in [1.82, 2.24) is 9.88 Å². The van der Waals surface area contributed by atoms with E-state index in [1.165, 1.54) is 11.3 Å². The summed E-state index contributed by atoms with van der Waals surface area (Å²) < 4.78 is 1.00. The summed E-state index contributed by atoms with van der Waals surface area (Å²) in [6.07, 6.45) is 1.33. The fraction of sp³-hybridized carbons (Fsp3) is 0.300. The highest BCUT2D eigenvalue weighted by atomic mass is 32.1. The van der Waals surface area contributed by atoms with Crippen molar-refractivity contribution >= 4 is 32.5 Å². The topological polar surface area (TPSA) is 164 Å². The maximum Gasteiger partial charge on any atom is 0.407 e. The Morgan fingerprint density at radius 1 is 1.34 bits per heavy atom. The highest BCUT2D eigenvalue weighted by Gasteiger charge is 2.21. The first-order valence-electron chi connectivity index (χ1n) is 9.69. The minimum atomic E-state index is -1.21. The lowest BCUT2D eigenvalue weighted by molar-refractivity contribution is -0.757. The lowest BCUT2D eigenvalue weighted by atomic mass is 9.96. The molecule has 2 heterocycles. The first kappa shape index (κ1) is 23.2. The van der Waals surface area contributed by atoms with Gasteiger partial charge in [0.05, 0.1) is 9.70 Å². The number of hydrogen-bond donors (Lipinski definition) is 4. The van der Waals surface area contributed by atoms with Gasteiger partial charge in [-0.05, 0) is 28.6 Å². The standard InChI is InChI=1S/C20H23N5O6S/c21-10-16(19(26)23-18-9-15-5-6-22-11-17(15)32-18)14-3-1-13(2-4-14)12-24(20(27)28)7-8-31-25(29)30/h1-6,9,11,16,19,23,26H,7-8,10,12,21H2,(H,27,28)/t16-,19+/m1/s1. The molecule has 0 fully saturated rings. The summed E-state index contributed by atoms with van der Waals surface area (Å²) in [6.45, 7) is -0.255. The van der Waals surface area contributed by atoms with Gasteiger partial charge in [0.1, 0.15) is 12.8 Å². The van der Waals surface area contributed by atoms with Gasteiger partial charge in [-0.1, -0.05) is 24.3 Å². The summed E-state index contributed by atoms with van der Waals surface area (Å²) in [5.74, 6) is -0.392. The SMILES string of the molecule is NC[C@H](c1ccc(CN(CCO[N+](=O)[O-])C(=O)O)cc1)[C@H](O)Nc1cc2ccncc2s1. The third-order valence-electron chi connectivity index (χ3n) is 4.86. The number of aromatic nitrogens is 1. The number of rotatable bonds is 11. The number of nitrogens with zero attached hydrogens (tertiary/aromatic N) is 3. The van der Waals surface area contributed by atoms with Crippen LogP contribution in [-0.4, -0.2) is 57.2 Å². The fourth-order valence-corrected chi connectivity index (χ4v) is 4.17. The van der Waals surface area contributed by atoms with Crippen LogP contribution in [0.25, 0.3) is 10.1 Å². The van der Waals surface area contributed by atoms with Crippen molar-refractivity contribution in [1.29, 1.82) is 0 Å². The van der Waals surface area contributed by atoms with Crippen molar-refractivity contribution in [2.45, 2.75) is 18.7 Å². The number of thiophene rings is 1. The van der Waals surface area contributed by atoms with Crippen LogP contribution in [0.15, 0.2) is 48.8 Å². The van der Waals surface area contributed by atoms with E-state index < -0.39 is 23.3 Å². The van der Waals surface area contributed by atoms with Gasteiger partial charge in [0, 0.05) is 37.9 Å². The Morgan fingerprint density at radius 2 is 2.09 bits per heavy atom. The third kappa shape index (κ3) is 6.03. The average Bonchev–Trinajstić information content (AvgIpc) is 3.16. The summed E-state index contributed by atoms with van der Waals surface area (Å²) >= 11 is 1.48. The number of hydrogen-bond acceptors (Lipinski definition) is 9. The van der Waals surface area contributed by atoms with Crippen molar-refractivity contribution < 1.29 is 24.9 Å². The molecule has 32 heavy (non-hydrogen) atoms. The summed E-state index contributed by atoms with van der Waals surface area (Å²) in [6, 6.07) is 10.9. The Labute approximate surface area is 187 Å². The number of carboxylic acid groups (broad SMARTS) is 1. The average molecular weight is 462 g/mol. The van der Waals surface area contributed by atoms with Crippen molar-refractivity contribution in [3.05, 3.63) is 70.0 Å². The number of aliphatic hydroxyl groups excluding tert-OH is 1. The lowest BCUT2D eigenvalue weighted by Gasteiger charge is -2.24. The van der Waals surface area contributed by atoms with Crippen molar-refractivity contribution in [3.8, 4) is 0 Å². The number of pyridine rings is 1. The molecule has 0 spiro atoms. The minimum Gasteiger partial charge on any atom is -0.465 e. The zero-order valence-corrected chi connectivity index (χ0v) is 17.8. The van der Waals surface area contributed by atoms with E-state index in [0.29, 0.717) is 5.56 Å². The molecule has 11 nitrogen and oxygen atoms in total. The van der Waals surface area contributed by atoms with Gasteiger partial charge in [-0.3, -0.25) is 4.98 Å². The van der Waals surface area contributed by atoms with Gasteiger partial charge in [0.25, 0.3) is 5.09 Å². The maximum absolute atomic E-state index is 11.4. The van der Waals surface area contributed by atoms with Crippen LogP contribution in [0.2, 0.25) is 0 Å². The minimum absolute atomic E-state index is 0.0423. The number of nitrogens with one attached hydrogen (secondary N) is 1. The number of anilines is 1. The van der Waals surface area contributed by atoms with E-state index in [4.69, 9.17) is 5.73 Å². The van der Waals surface area contributed by atoms with Crippen LogP contribution in [0, 0.1) is 10.1 Å². The summed E-state index contributed by atoms with van der Waals surface area (Å²) in [4.78, 5) is 30.9. The molecule has 0 unspecified atom stereocenters. The molecule has 5 N–H and O–H groups in total. The number of fused-ring (bicyclic) bond motifs is 1. The second-order valence-corrected chi connectivity index (χ2v) is 8.04. The number of aliphatic hydroxyl groups is 1. The Hall–Kier alpha value is -3.48. The van der Waals surface area contributed by atoms with Crippen LogP contribution >= 0.6 is 11.3 Å². The second-order valence-electron chi connectivity index (χ2n) is 6.96. The monoisotopic (exact) mass is 461 g/mol. The molecule has 2 aromatic heterocycles. The third-order valence-corrected chi connectivity index (χ3v) is 5.87. The van der Waals surface area contributed by atoms with Gasteiger partial charge in [-0.25, -0.2) is 4.79 Å². The molecule has 1 aromatic carbocycles. The summed E-state index contributed by atoms with van der Waals surface area (Å²) in [7, 11) is 0. The molecule has 2 atom stereocenters. The molecule has 0 radical (unpaired) electrons. The van der Waals surface area contributed by atoms with E-state index in [-0.39, 0.29) is 26.2 Å². The molecule has 0 aliphatic carbocycles. The molecule has 3 rings (SSSR count). The van der Waals surface area contributed by atoms with Crippen LogP contribution in [0.1, 0.15) is 17.0 Å². The predicted octanol–water partition coefficient (Wildman–Crippen LogP) is 2.46. The highest BCUT2D eigenvalue weighted by Crippen LogP contribution is 2.31. The molecule has 0 aliphatic rings. The van der Waals surface area contributed by atoms with Crippen LogP contribution in [0.5, 0.6) is 0 Å². The molecule has 0 saturated carbocycles. The Balaban J connectivity index is 1.64. The van der Waals surface area contributed by atoms with Crippen molar-refractivity contribution in [2.75, 3.05) is 25.0 Å². The number of nitrogens with two attached hydrogens (primary N) is 1. The van der Waals surface area contributed by atoms with E-state index in [0.717, 1.165) is 25.6 Å². The summed E-state index contributed by atoms with van der Waals surface area (Å²) in [5.41, 5.74) is 7.39. The first-order valence-corrected chi connectivity index (χ1v) is 10.5. The predicted molar refractivity (Wildman–Crippen MR) is 119 cm³/mol. The largest absolute Gasteiger partial charge is 0.465 e. The second kappa shape index (κ2) is 10.7. The highest BCUT2D eigenvalue weighted by molar-refractivity contribution is 7.22. The van der Waals surface area contributed by atoms with Gasteiger partial charge in [-0.15, -0.1) is 21.5 Å². The van der Waals surface area contributed by atoms with E-state index in [9.17, 15) is 25.1 Å². The Bertz CT molecular complexity index is 1030. The smallest absolute Gasteiger partial charge is 0.407 e. The number of amides is 1. The molecule has 0 saturated heterocycles. The zero-order chi connectivity index (χ0) is 23.1. The van der Waals surface area contributed by atoms with Gasteiger partial charge >= 0.3 is 6.09 Å². The zero-order valence-electron chi connectivity index (χ0n) is 17.0. The molecule has 1 amide bonds. The number of carbonyl (C=O) groups is 1. The van der Waals surface area contributed by atoms with Gasteiger partial charge in [0.15, 0.2) is 0 Å². The molecule has 0 bridgehead atoms. The van der Waals surface area contributed by atoms with Gasteiger partial charge in [-0.2, -0.15) is 0 Å². The Morgan fingerprint density at radius 3 is 2.72 bits per heavy atom. The normalized spacial score (nSPS) is 12.8. The van der Waals surface area contributed by atoms with E-state index in [1.54, 1.807) is 36.7 Å². The number of benzene rings is 1. The lowest BCUT2D eigenvalue weighted by Crippen LogP contribution is -2.33. The van der Waals surface area contributed by atoms with E-state index in [2.05, 4.69) is 15.1 Å². The van der Waals surface area contributed by atoms with Crippen LogP contribution < -0.4 is 11.1 Å². The molecule has 170 valence electrons.